The highest BCUT2D eigenvalue weighted by Gasteiger charge is 2.24. The van der Waals surface area contributed by atoms with Crippen molar-refractivity contribution in [2.24, 2.45) is 11.3 Å². The number of carboxylic acids is 1. The molecule has 0 radical (unpaired) electrons. The number of aliphatic carboxylic acids is 1. The third-order valence-corrected chi connectivity index (χ3v) is 4.87. The molecule has 1 aliphatic heterocycles. The van der Waals surface area contributed by atoms with E-state index in [0.29, 0.717) is 17.9 Å². The predicted octanol–water partition coefficient (Wildman–Crippen LogP) is 3.03. The van der Waals surface area contributed by atoms with E-state index in [4.69, 9.17) is 5.11 Å². The van der Waals surface area contributed by atoms with Crippen molar-refractivity contribution in [2.75, 3.05) is 33.2 Å². The topological polar surface area (TPSA) is 72.9 Å². The van der Waals surface area contributed by atoms with Gasteiger partial charge in [-0.05, 0) is 50.5 Å². The molecule has 0 aromatic heterocycles. The van der Waals surface area contributed by atoms with E-state index < -0.39 is 5.97 Å². The first-order valence-electron chi connectivity index (χ1n) is 9.53. The highest BCUT2D eigenvalue weighted by molar-refractivity contribution is 5.74. The van der Waals surface area contributed by atoms with Crippen molar-refractivity contribution in [3.8, 4) is 0 Å². The molecule has 146 valence electrons. The van der Waals surface area contributed by atoms with Gasteiger partial charge in [0.05, 0.1) is 6.54 Å². The second-order valence-electron chi connectivity index (χ2n) is 8.77. The Morgan fingerprint density at radius 3 is 2.56 bits per heavy atom. The normalized spacial score (nSPS) is 20.2. The Bertz CT molecular complexity index is 434. The molecule has 1 aliphatic rings. The Morgan fingerprint density at radius 1 is 1.28 bits per heavy atom. The number of hydrogen-bond donors (Lipinski definition) is 2. The molecular weight excluding hydrogens is 318 g/mol. The zero-order valence-electron chi connectivity index (χ0n) is 16.7. The van der Waals surface area contributed by atoms with Crippen LogP contribution in [0.3, 0.4) is 0 Å². The summed E-state index contributed by atoms with van der Waals surface area (Å²) in [4.78, 5) is 27.0. The molecule has 0 saturated carbocycles. The summed E-state index contributed by atoms with van der Waals surface area (Å²) in [5.41, 5.74) is 0.325. The van der Waals surface area contributed by atoms with Crippen LogP contribution in [0.4, 0.5) is 4.79 Å². The van der Waals surface area contributed by atoms with Crippen molar-refractivity contribution < 1.29 is 14.7 Å². The number of hydrogen-bond acceptors (Lipinski definition) is 3. The van der Waals surface area contributed by atoms with Gasteiger partial charge in [0.25, 0.3) is 0 Å². The number of nitrogens with zero attached hydrogens (tertiary/aromatic N) is 2. The van der Waals surface area contributed by atoms with E-state index in [0.717, 1.165) is 45.2 Å². The molecule has 2 unspecified atom stereocenters. The number of amides is 2. The van der Waals surface area contributed by atoms with E-state index in [1.54, 1.807) is 0 Å². The van der Waals surface area contributed by atoms with Crippen molar-refractivity contribution in [1.82, 2.24) is 15.1 Å². The summed E-state index contributed by atoms with van der Waals surface area (Å²) in [7, 11) is 1.85. The van der Waals surface area contributed by atoms with Gasteiger partial charge in [0.2, 0.25) is 0 Å². The maximum absolute atomic E-state index is 12.4. The average Bonchev–Trinajstić information content (AvgIpc) is 2.70. The SMILES string of the molecule is CC(CCNC(=O)N1CCCC(N(C)CC(=O)O)CC1)CC(C)(C)C. The van der Waals surface area contributed by atoms with Gasteiger partial charge in [-0.3, -0.25) is 9.69 Å². The predicted molar refractivity (Wildman–Crippen MR) is 101 cm³/mol. The Kier molecular flexibility index (Phi) is 8.69. The zero-order valence-corrected chi connectivity index (χ0v) is 16.7. The van der Waals surface area contributed by atoms with E-state index in [1.165, 1.54) is 0 Å². The minimum Gasteiger partial charge on any atom is -0.480 e. The molecule has 25 heavy (non-hydrogen) atoms. The van der Waals surface area contributed by atoms with Gasteiger partial charge in [0.1, 0.15) is 0 Å². The van der Waals surface area contributed by atoms with Crippen molar-refractivity contribution in [2.45, 2.75) is 65.8 Å². The van der Waals surface area contributed by atoms with Gasteiger partial charge in [-0.2, -0.15) is 0 Å². The van der Waals surface area contributed by atoms with Crippen LogP contribution in [0.5, 0.6) is 0 Å². The second-order valence-corrected chi connectivity index (χ2v) is 8.77. The average molecular weight is 356 g/mol. The van der Waals surface area contributed by atoms with Crippen molar-refractivity contribution in [1.29, 1.82) is 0 Å². The summed E-state index contributed by atoms with van der Waals surface area (Å²) in [6, 6.07) is 0.255. The van der Waals surface area contributed by atoms with Crippen LogP contribution in [0.15, 0.2) is 0 Å². The van der Waals surface area contributed by atoms with E-state index in [1.807, 2.05) is 16.8 Å². The lowest BCUT2D eigenvalue weighted by Gasteiger charge is -2.26. The first-order valence-corrected chi connectivity index (χ1v) is 9.53. The maximum Gasteiger partial charge on any atom is 0.317 e. The number of nitrogens with one attached hydrogen (secondary N) is 1. The van der Waals surface area contributed by atoms with Gasteiger partial charge in [-0.1, -0.05) is 27.7 Å². The van der Waals surface area contributed by atoms with Gasteiger partial charge in [-0.25, -0.2) is 4.79 Å². The van der Waals surface area contributed by atoms with Crippen LogP contribution in [0.25, 0.3) is 0 Å². The molecule has 2 N–H and O–H groups in total. The van der Waals surface area contributed by atoms with Crippen LogP contribution in [0.1, 0.15) is 59.8 Å². The smallest absolute Gasteiger partial charge is 0.317 e. The Morgan fingerprint density at radius 2 is 1.96 bits per heavy atom. The number of likely N-dealkylation sites (N-methyl/N-ethyl adjacent to an activating group) is 1. The first kappa shape index (κ1) is 21.7. The van der Waals surface area contributed by atoms with Gasteiger partial charge in [0, 0.05) is 25.7 Å². The monoisotopic (exact) mass is 355 g/mol. The summed E-state index contributed by atoms with van der Waals surface area (Å²) < 4.78 is 0. The van der Waals surface area contributed by atoms with E-state index >= 15 is 0 Å². The van der Waals surface area contributed by atoms with Gasteiger partial charge < -0.3 is 15.3 Å². The summed E-state index contributed by atoms with van der Waals surface area (Å²) in [6.45, 7) is 11.2. The molecule has 1 heterocycles. The van der Waals surface area contributed by atoms with E-state index in [9.17, 15) is 9.59 Å². The Hall–Kier alpha value is -1.30. The van der Waals surface area contributed by atoms with Gasteiger partial charge in [-0.15, -0.1) is 0 Å². The lowest BCUT2D eigenvalue weighted by molar-refractivity contribution is -0.138. The third kappa shape index (κ3) is 9.10. The van der Waals surface area contributed by atoms with Crippen LogP contribution in [0.2, 0.25) is 0 Å². The summed E-state index contributed by atoms with van der Waals surface area (Å²) >= 11 is 0. The highest BCUT2D eigenvalue weighted by atomic mass is 16.4. The summed E-state index contributed by atoms with van der Waals surface area (Å²) in [6.07, 6.45) is 4.85. The van der Waals surface area contributed by atoms with Crippen LogP contribution in [-0.2, 0) is 4.79 Å². The van der Waals surface area contributed by atoms with Crippen molar-refractivity contribution in [3.05, 3.63) is 0 Å². The number of urea groups is 1. The minimum atomic E-state index is -0.800. The lowest BCUT2D eigenvalue weighted by atomic mass is 9.84. The molecule has 6 heteroatoms. The Balaban J connectivity index is 2.33. The summed E-state index contributed by atoms with van der Waals surface area (Å²) in [5.74, 6) is -0.204. The molecule has 1 fully saturated rings. The van der Waals surface area contributed by atoms with Crippen LogP contribution >= 0.6 is 0 Å². The van der Waals surface area contributed by atoms with Crippen molar-refractivity contribution in [3.63, 3.8) is 0 Å². The van der Waals surface area contributed by atoms with Gasteiger partial charge in [0.15, 0.2) is 0 Å². The molecule has 1 saturated heterocycles. The number of carbonyl (C=O) groups excluding carboxylic acids is 1. The Labute approximate surface area is 152 Å². The molecule has 2 amide bonds. The molecule has 0 aromatic rings. The quantitative estimate of drug-likeness (QED) is 0.736. The highest BCUT2D eigenvalue weighted by Crippen LogP contribution is 2.25. The molecule has 6 nitrogen and oxygen atoms in total. The molecule has 0 spiro atoms. The molecule has 1 rings (SSSR count). The van der Waals surface area contributed by atoms with E-state index in [2.05, 4.69) is 33.0 Å². The molecular formula is C19H37N3O3. The fourth-order valence-electron chi connectivity index (χ4n) is 3.75. The second kappa shape index (κ2) is 10.00. The van der Waals surface area contributed by atoms with Crippen LogP contribution < -0.4 is 5.32 Å². The molecule has 0 aromatic carbocycles. The maximum atomic E-state index is 12.4. The fourth-order valence-corrected chi connectivity index (χ4v) is 3.75. The molecule has 0 bridgehead atoms. The summed E-state index contributed by atoms with van der Waals surface area (Å²) in [5, 5.41) is 12.0. The minimum absolute atomic E-state index is 0.0181. The van der Waals surface area contributed by atoms with Crippen LogP contribution in [0, 0.1) is 11.3 Å². The molecule has 0 aliphatic carbocycles. The van der Waals surface area contributed by atoms with Crippen molar-refractivity contribution >= 4 is 12.0 Å². The largest absolute Gasteiger partial charge is 0.480 e. The van der Waals surface area contributed by atoms with Gasteiger partial charge >= 0.3 is 12.0 Å². The van der Waals surface area contributed by atoms with E-state index in [-0.39, 0.29) is 18.6 Å². The van der Waals surface area contributed by atoms with Crippen LogP contribution in [-0.4, -0.2) is 66.2 Å². The fraction of sp³-hybridized carbons (Fsp3) is 0.895. The molecule has 2 atom stereocenters. The third-order valence-electron chi connectivity index (χ3n) is 4.87. The first-order chi connectivity index (χ1) is 11.6. The number of carboxylic acid groups (broad SMARTS) is 1. The standard InChI is InChI=1S/C19H37N3O3/c1-15(13-19(2,3)4)8-10-20-18(25)22-11-6-7-16(9-12-22)21(5)14-17(23)24/h15-16H,6-14H2,1-5H3,(H,20,25)(H,23,24). The lowest BCUT2D eigenvalue weighted by Crippen LogP contribution is -2.42. The zero-order chi connectivity index (χ0) is 19.0. The number of likely N-dealkylation sites (tertiary alicyclic amines) is 1. The number of carbonyl (C=O) groups is 2. The number of rotatable bonds is 7.